The fourth-order valence-electron chi connectivity index (χ4n) is 3.60. The minimum Gasteiger partial charge on any atom is -0.467 e. The number of hydrogen-bond acceptors (Lipinski definition) is 7. The van der Waals surface area contributed by atoms with E-state index in [1.807, 2.05) is 0 Å². The summed E-state index contributed by atoms with van der Waals surface area (Å²) in [5.41, 5.74) is 1.22. The maximum Gasteiger partial charge on any atom is 0.280 e. The highest BCUT2D eigenvalue weighted by Gasteiger charge is 2.38. The third-order valence-electron chi connectivity index (χ3n) is 4.94. The van der Waals surface area contributed by atoms with Crippen LogP contribution in [0.5, 0.6) is 11.5 Å². The number of nitro benzene ring substituents is 1. The highest BCUT2D eigenvalue weighted by Crippen LogP contribution is 2.44. The normalized spacial score (nSPS) is 17.0. The number of para-hydroxylation sites is 1. The third kappa shape index (κ3) is 2.83. The van der Waals surface area contributed by atoms with Gasteiger partial charge in [0.25, 0.3) is 11.6 Å². The van der Waals surface area contributed by atoms with Crippen molar-refractivity contribution in [3.8, 4) is 11.5 Å². The molecule has 1 atom stereocenters. The number of anilines is 1. The lowest BCUT2D eigenvalue weighted by molar-refractivity contribution is -0.385. The Hall–Kier alpha value is -4.01. The van der Waals surface area contributed by atoms with Gasteiger partial charge >= 0.3 is 0 Å². The second kappa shape index (κ2) is 6.55. The summed E-state index contributed by atoms with van der Waals surface area (Å²) in [4.78, 5) is 26.0. The molecule has 2 aromatic carbocycles. The molecule has 3 heterocycles. The average Bonchev–Trinajstić information content (AvgIpc) is 3.40. The molecule has 2 aliphatic heterocycles. The number of rotatable bonds is 4. The molecule has 9 nitrogen and oxygen atoms in total. The molecule has 1 N–H and O–H groups in total. The van der Waals surface area contributed by atoms with Crippen molar-refractivity contribution in [3.63, 3.8) is 0 Å². The first-order chi connectivity index (χ1) is 14.1. The number of nitrogens with one attached hydrogen (secondary N) is 1. The predicted molar refractivity (Wildman–Crippen MR) is 101 cm³/mol. The number of hydrogen-bond donors (Lipinski definition) is 1. The van der Waals surface area contributed by atoms with E-state index in [-0.39, 0.29) is 24.9 Å². The van der Waals surface area contributed by atoms with Crippen molar-refractivity contribution in [1.29, 1.82) is 0 Å². The van der Waals surface area contributed by atoms with Gasteiger partial charge in [-0.15, -0.1) is 0 Å². The van der Waals surface area contributed by atoms with Crippen LogP contribution in [0.15, 0.2) is 59.2 Å². The summed E-state index contributed by atoms with van der Waals surface area (Å²) < 4.78 is 16.1. The molecule has 0 fully saturated rings. The lowest BCUT2D eigenvalue weighted by Gasteiger charge is -2.37. The van der Waals surface area contributed by atoms with E-state index in [2.05, 4.69) is 5.32 Å². The third-order valence-corrected chi connectivity index (χ3v) is 4.94. The molecule has 146 valence electrons. The molecular weight excluding hydrogens is 378 g/mol. The van der Waals surface area contributed by atoms with Crippen molar-refractivity contribution in [3.05, 3.63) is 81.8 Å². The van der Waals surface area contributed by atoms with Crippen LogP contribution in [0.3, 0.4) is 0 Å². The first-order valence-electron chi connectivity index (χ1n) is 8.88. The van der Waals surface area contributed by atoms with Gasteiger partial charge in [-0.3, -0.25) is 14.9 Å². The molecule has 0 saturated carbocycles. The van der Waals surface area contributed by atoms with E-state index in [0.29, 0.717) is 34.1 Å². The smallest absolute Gasteiger partial charge is 0.280 e. The van der Waals surface area contributed by atoms with Crippen LogP contribution in [0.2, 0.25) is 0 Å². The Morgan fingerprint density at radius 3 is 2.69 bits per heavy atom. The van der Waals surface area contributed by atoms with E-state index >= 15 is 0 Å². The van der Waals surface area contributed by atoms with Gasteiger partial charge in [0.1, 0.15) is 11.9 Å². The quantitative estimate of drug-likeness (QED) is 0.532. The predicted octanol–water partition coefficient (Wildman–Crippen LogP) is 3.68. The van der Waals surface area contributed by atoms with Crippen molar-refractivity contribution in [2.75, 3.05) is 12.1 Å². The molecule has 2 aliphatic rings. The van der Waals surface area contributed by atoms with Crippen LogP contribution >= 0.6 is 0 Å². The number of carbonyl (C=O) groups excluding carboxylic acids is 1. The Morgan fingerprint density at radius 2 is 1.93 bits per heavy atom. The number of furan rings is 1. The zero-order valence-corrected chi connectivity index (χ0v) is 15.0. The van der Waals surface area contributed by atoms with Gasteiger partial charge in [-0.2, -0.15) is 0 Å². The molecule has 9 heteroatoms. The van der Waals surface area contributed by atoms with Crippen LogP contribution in [-0.4, -0.2) is 22.5 Å². The number of carbonyl (C=O) groups is 1. The molecule has 29 heavy (non-hydrogen) atoms. The van der Waals surface area contributed by atoms with Crippen molar-refractivity contribution >= 4 is 17.3 Å². The number of nitro groups is 1. The molecule has 0 radical (unpaired) electrons. The summed E-state index contributed by atoms with van der Waals surface area (Å²) in [5.74, 6) is 1.01. The summed E-state index contributed by atoms with van der Waals surface area (Å²) >= 11 is 0. The van der Waals surface area contributed by atoms with Crippen LogP contribution in [0.25, 0.3) is 0 Å². The Bertz CT molecular complexity index is 1110. The molecule has 0 unspecified atom stereocenters. The van der Waals surface area contributed by atoms with E-state index in [9.17, 15) is 14.9 Å². The van der Waals surface area contributed by atoms with Crippen LogP contribution in [0, 0.1) is 10.1 Å². The molecule has 0 saturated heterocycles. The van der Waals surface area contributed by atoms with E-state index in [1.165, 1.54) is 17.2 Å². The maximum atomic E-state index is 13.3. The zero-order chi connectivity index (χ0) is 20.0. The van der Waals surface area contributed by atoms with Crippen molar-refractivity contribution in [2.45, 2.75) is 12.7 Å². The van der Waals surface area contributed by atoms with Gasteiger partial charge in [0.2, 0.25) is 6.79 Å². The summed E-state index contributed by atoms with van der Waals surface area (Å²) in [6.45, 7) is 0.134. The first kappa shape index (κ1) is 17.1. The molecule has 3 aromatic rings. The molecular formula is C20H15N3O6. The molecule has 1 aromatic heterocycles. The Labute approximate surface area is 164 Å². The highest BCUT2D eigenvalue weighted by atomic mass is 16.7. The van der Waals surface area contributed by atoms with Crippen LogP contribution in [-0.2, 0) is 6.54 Å². The lowest BCUT2D eigenvalue weighted by atomic mass is 10.0. The van der Waals surface area contributed by atoms with Gasteiger partial charge in [-0.25, -0.2) is 0 Å². The molecule has 0 aliphatic carbocycles. The Morgan fingerprint density at radius 1 is 1.14 bits per heavy atom. The monoisotopic (exact) mass is 393 g/mol. The summed E-state index contributed by atoms with van der Waals surface area (Å²) in [6, 6.07) is 13.4. The molecule has 5 rings (SSSR count). The first-order valence-corrected chi connectivity index (χ1v) is 8.88. The Kier molecular flexibility index (Phi) is 3.87. The van der Waals surface area contributed by atoms with Crippen LogP contribution in [0.1, 0.15) is 27.8 Å². The van der Waals surface area contributed by atoms with Gasteiger partial charge in [0.05, 0.1) is 34.9 Å². The topological polar surface area (TPSA) is 107 Å². The van der Waals surface area contributed by atoms with Crippen LogP contribution < -0.4 is 14.8 Å². The second-order valence-electron chi connectivity index (χ2n) is 6.63. The van der Waals surface area contributed by atoms with Crippen molar-refractivity contribution < 1.29 is 23.6 Å². The number of nitrogens with zero attached hydrogens (tertiary/aromatic N) is 2. The van der Waals surface area contributed by atoms with Gasteiger partial charge in [-0.05, 0) is 30.3 Å². The largest absolute Gasteiger partial charge is 0.467 e. The SMILES string of the molecule is O=C1c2ccccc2N[C@H](c2cc3c(cc2[N+](=O)[O-])OCO3)N1Cc1ccco1. The van der Waals surface area contributed by atoms with Crippen molar-refractivity contribution in [1.82, 2.24) is 4.90 Å². The molecule has 0 spiro atoms. The summed E-state index contributed by atoms with van der Waals surface area (Å²) in [6.07, 6.45) is 0.723. The maximum absolute atomic E-state index is 13.3. The minimum absolute atomic E-state index is 0.00803. The average molecular weight is 393 g/mol. The number of benzene rings is 2. The molecule has 0 bridgehead atoms. The standard InChI is InChI=1S/C20H15N3O6/c24-20-13-5-1-2-6-15(13)21-19(22(20)10-12-4-3-7-27-12)14-8-17-18(29-11-28-17)9-16(14)23(25)26/h1-9,19,21H,10-11H2/t19-/m0/s1. The van der Waals surface area contributed by atoms with Gasteiger partial charge in [0.15, 0.2) is 11.5 Å². The second-order valence-corrected chi connectivity index (χ2v) is 6.63. The number of ether oxygens (including phenoxy) is 2. The van der Waals surface area contributed by atoms with Gasteiger partial charge in [-0.1, -0.05) is 12.1 Å². The summed E-state index contributed by atoms with van der Waals surface area (Å²) in [7, 11) is 0. The lowest BCUT2D eigenvalue weighted by Crippen LogP contribution is -2.42. The van der Waals surface area contributed by atoms with Gasteiger partial charge < -0.3 is 24.1 Å². The Balaban J connectivity index is 1.65. The van der Waals surface area contributed by atoms with Crippen LogP contribution in [0.4, 0.5) is 11.4 Å². The molecule has 1 amide bonds. The van der Waals surface area contributed by atoms with E-state index in [1.54, 1.807) is 42.5 Å². The van der Waals surface area contributed by atoms with E-state index in [0.717, 1.165) is 0 Å². The van der Waals surface area contributed by atoms with E-state index < -0.39 is 11.1 Å². The fourth-order valence-corrected chi connectivity index (χ4v) is 3.60. The zero-order valence-electron chi connectivity index (χ0n) is 15.0. The fraction of sp³-hybridized carbons (Fsp3) is 0.150. The van der Waals surface area contributed by atoms with Crippen molar-refractivity contribution in [2.24, 2.45) is 0 Å². The summed E-state index contributed by atoms with van der Waals surface area (Å²) in [5, 5.41) is 15.0. The highest BCUT2D eigenvalue weighted by molar-refractivity contribution is 6.01. The van der Waals surface area contributed by atoms with Gasteiger partial charge in [0, 0.05) is 5.69 Å². The number of amides is 1. The van der Waals surface area contributed by atoms with E-state index in [4.69, 9.17) is 13.9 Å². The number of fused-ring (bicyclic) bond motifs is 2. The minimum atomic E-state index is -0.794.